The molecule has 4 rings (SSSR count). The van der Waals surface area contributed by atoms with E-state index in [1.165, 1.54) is 0 Å². The number of amides is 1. The summed E-state index contributed by atoms with van der Waals surface area (Å²) in [5.41, 5.74) is 1.85. The van der Waals surface area contributed by atoms with Crippen LogP contribution >= 0.6 is 11.8 Å². The van der Waals surface area contributed by atoms with Crippen LogP contribution in [0.5, 0.6) is 11.5 Å². The van der Waals surface area contributed by atoms with Gasteiger partial charge in [0.15, 0.2) is 11.5 Å². The van der Waals surface area contributed by atoms with Gasteiger partial charge in [-0.15, -0.1) is 0 Å². The lowest BCUT2D eigenvalue weighted by Gasteiger charge is -2.27. The van der Waals surface area contributed by atoms with Crippen LogP contribution in [0.3, 0.4) is 0 Å². The minimum Gasteiger partial charge on any atom is -0.485 e. The molecule has 0 spiro atoms. The molecule has 1 aliphatic rings. The normalized spacial score (nSPS) is 16.9. The molecule has 2 heterocycles. The van der Waals surface area contributed by atoms with Gasteiger partial charge in [-0.05, 0) is 42.7 Å². The second kappa shape index (κ2) is 7.92. The zero-order valence-electron chi connectivity index (χ0n) is 15.0. The van der Waals surface area contributed by atoms with Crippen molar-refractivity contribution in [3.63, 3.8) is 0 Å². The van der Waals surface area contributed by atoms with Crippen molar-refractivity contribution < 1.29 is 14.3 Å². The van der Waals surface area contributed by atoms with Crippen molar-refractivity contribution in [2.75, 3.05) is 18.6 Å². The molecule has 0 saturated heterocycles. The summed E-state index contributed by atoms with van der Waals surface area (Å²) < 4.78 is 11.5. The highest BCUT2D eigenvalue weighted by Gasteiger charge is 2.29. The summed E-state index contributed by atoms with van der Waals surface area (Å²) in [4.78, 5) is 20.8. The second-order valence-electron chi connectivity index (χ2n) is 6.35. The number of hydrogen-bond acceptors (Lipinski definition) is 5. The van der Waals surface area contributed by atoms with Crippen molar-refractivity contribution in [3.05, 3.63) is 54.4 Å². The third-order valence-corrected chi connectivity index (χ3v) is 5.11. The molecule has 1 unspecified atom stereocenters. The Labute approximate surface area is 161 Å². The number of aromatic nitrogens is 2. The largest absolute Gasteiger partial charge is 0.485 e. The van der Waals surface area contributed by atoms with Gasteiger partial charge < -0.3 is 19.8 Å². The highest BCUT2D eigenvalue weighted by molar-refractivity contribution is 7.98. The van der Waals surface area contributed by atoms with Crippen molar-refractivity contribution in [1.29, 1.82) is 0 Å². The maximum absolute atomic E-state index is 12.8. The maximum atomic E-state index is 12.8. The molecule has 6 nitrogen and oxygen atoms in total. The summed E-state index contributed by atoms with van der Waals surface area (Å²) in [7, 11) is 0. The van der Waals surface area contributed by atoms with Crippen LogP contribution in [0.25, 0.3) is 11.0 Å². The lowest BCUT2D eigenvalue weighted by Crippen LogP contribution is -2.45. The number of fused-ring (bicyclic) bond motifs is 2. The van der Waals surface area contributed by atoms with E-state index in [4.69, 9.17) is 9.47 Å². The average molecular weight is 383 g/mol. The quantitative estimate of drug-likeness (QED) is 0.683. The molecule has 0 radical (unpaired) electrons. The van der Waals surface area contributed by atoms with Crippen LogP contribution in [0.2, 0.25) is 0 Å². The number of benzene rings is 2. The lowest BCUT2D eigenvalue weighted by atomic mass is 10.2. The molecule has 0 bridgehead atoms. The van der Waals surface area contributed by atoms with E-state index < -0.39 is 6.10 Å². The number of hydrogen-bond donors (Lipinski definition) is 2. The van der Waals surface area contributed by atoms with Crippen LogP contribution in [-0.4, -0.2) is 40.6 Å². The minimum atomic E-state index is -0.680. The SMILES string of the molecule is CSCC[C@H](NC(=O)C1COc2ccccc2O1)c1nc2ccccc2[nH]1. The number of carbonyl (C=O) groups excluding carboxylic acids is 1. The van der Waals surface area contributed by atoms with E-state index in [9.17, 15) is 4.79 Å². The fraction of sp³-hybridized carbons (Fsp3) is 0.300. The molecule has 1 aliphatic heterocycles. The zero-order chi connectivity index (χ0) is 18.6. The van der Waals surface area contributed by atoms with Gasteiger partial charge in [-0.3, -0.25) is 4.79 Å². The molecular weight excluding hydrogens is 362 g/mol. The highest BCUT2D eigenvalue weighted by atomic mass is 32.2. The van der Waals surface area contributed by atoms with Gasteiger partial charge in [0.1, 0.15) is 12.4 Å². The number of rotatable bonds is 6. The molecule has 140 valence electrons. The first-order valence-corrected chi connectivity index (χ1v) is 10.3. The molecule has 2 aromatic carbocycles. The van der Waals surface area contributed by atoms with Gasteiger partial charge in [-0.1, -0.05) is 24.3 Å². The predicted molar refractivity (Wildman–Crippen MR) is 106 cm³/mol. The van der Waals surface area contributed by atoms with Gasteiger partial charge in [-0.2, -0.15) is 11.8 Å². The lowest BCUT2D eigenvalue weighted by molar-refractivity contribution is -0.131. The fourth-order valence-corrected chi connectivity index (χ4v) is 3.54. The Morgan fingerprint density at radius 1 is 1.26 bits per heavy atom. The van der Waals surface area contributed by atoms with Gasteiger partial charge >= 0.3 is 0 Å². The highest BCUT2D eigenvalue weighted by Crippen LogP contribution is 2.31. The van der Waals surface area contributed by atoms with Gasteiger partial charge in [0.05, 0.1) is 17.1 Å². The summed E-state index contributed by atoms with van der Waals surface area (Å²) in [5.74, 6) is 2.73. The number of aromatic amines is 1. The topological polar surface area (TPSA) is 76.2 Å². The number of imidazole rings is 1. The number of nitrogens with one attached hydrogen (secondary N) is 2. The Morgan fingerprint density at radius 2 is 2.04 bits per heavy atom. The van der Waals surface area contributed by atoms with Crippen molar-refractivity contribution in [2.24, 2.45) is 0 Å². The number of nitrogens with zero attached hydrogens (tertiary/aromatic N) is 1. The molecule has 1 aromatic heterocycles. The van der Waals surface area contributed by atoms with E-state index in [1.807, 2.05) is 48.7 Å². The summed E-state index contributed by atoms with van der Waals surface area (Å²) in [6.07, 6.45) is 2.14. The van der Waals surface area contributed by atoms with Crippen LogP contribution in [0.1, 0.15) is 18.3 Å². The number of H-pyrrole nitrogens is 1. The molecule has 2 N–H and O–H groups in total. The molecule has 3 aromatic rings. The van der Waals surface area contributed by atoms with Crippen LogP contribution in [-0.2, 0) is 4.79 Å². The van der Waals surface area contributed by atoms with Crippen molar-refractivity contribution in [3.8, 4) is 11.5 Å². The van der Waals surface area contributed by atoms with Gasteiger partial charge in [0, 0.05) is 0 Å². The summed E-state index contributed by atoms with van der Waals surface area (Å²) in [5, 5.41) is 3.08. The standard InChI is InChI=1S/C20H21N3O3S/c1-27-11-10-15(19-21-13-6-2-3-7-14(13)22-19)23-20(24)18-12-25-16-8-4-5-9-17(16)26-18/h2-9,15,18H,10-12H2,1H3,(H,21,22)(H,23,24)/t15-,18?/m0/s1. The zero-order valence-corrected chi connectivity index (χ0v) is 15.8. The molecule has 0 saturated carbocycles. The van der Waals surface area contributed by atoms with Gasteiger partial charge in [0.25, 0.3) is 5.91 Å². The van der Waals surface area contributed by atoms with Crippen LogP contribution in [0.4, 0.5) is 0 Å². The van der Waals surface area contributed by atoms with Gasteiger partial charge in [-0.25, -0.2) is 4.98 Å². The Kier molecular flexibility index (Phi) is 5.20. The summed E-state index contributed by atoms with van der Waals surface area (Å²) >= 11 is 1.74. The van der Waals surface area contributed by atoms with Crippen LogP contribution in [0.15, 0.2) is 48.5 Å². The van der Waals surface area contributed by atoms with E-state index in [0.717, 1.165) is 29.0 Å². The molecule has 0 fully saturated rings. The Bertz CT molecular complexity index is 910. The van der Waals surface area contributed by atoms with Crippen molar-refractivity contribution in [1.82, 2.24) is 15.3 Å². The van der Waals surface area contributed by atoms with E-state index in [2.05, 4.69) is 15.3 Å². The predicted octanol–water partition coefficient (Wildman–Crippen LogP) is 3.31. The third-order valence-electron chi connectivity index (χ3n) is 4.47. The molecule has 27 heavy (non-hydrogen) atoms. The monoisotopic (exact) mass is 383 g/mol. The Morgan fingerprint density at radius 3 is 2.85 bits per heavy atom. The maximum Gasteiger partial charge on any atom is 0.265 e. The molecular formula is C20H21N3O3S. The van der Waals surface area contributed by atoms with E-state index >= 15 is 0 Å². The first-order chi connectivity index (χ1) is 13.2. The van der Waals surface area contributed by atoms with E-state index in [1.54, 1.807) is 17.8 Å². The number of ether oxygens (including phenoxy) is 2. The summed E-state index contributed by atoms with van der Waals surface area (Å²) in [6, 6.07) is 15.0. The first-order valence-electron chi connectivity index (χ1n) is 8.87. The smallest absolute Gasteiger partial charge is 0.265 e. The second-order valence-corrected chi connectivity index (χ2v) is 7.33. The molecule has 1 amide bonds. The van der Waals surface area contributed by atoms with Crippen molar-refractivity contribution in [2.45, 2.75) is 18.6 Å². The van der Waals surface area contributed by atoms with Crippen LogP contribution < -0.4 is 14.8 Å². The number of para-hydroxylation sites is 4. The Hall–Kier alpha value is -2.67. The molecule has 2 atom stereocenters. The third kappa shape index (κ3) is 3.88. The first kappa shape index (κ1) is 17.7. The molecule has 7 heteroatoms. The van der Waals surface area contributed by atoms with E-state index in [0.29, 0.717) is 11.5 Å². The Balaban J connectivity index is 1.50. The van der Waals surface area contributed by atoms with Crippen LogP contribution in [0, 0.1) is 0 Å². The summed E-state index contributed by atoms with van der Waals surface area (Å²) in [6.45, 7) is 0.193. The number of carbonyl (C=O) groups is 1. The fourth-order valence-electron chi connectivity index (χ4n) is 3.06. The van der Waals surface area contributed by atoms with E-state index in [-0.39, 0.29) is 18.6 Å². The minimum absolute atomic E-state index is 0.193. The number of thioether (sulfide) groups is 1. The van der Waals surface area contributed by atoms with Gasteiger partial charge in [0.2, 0.25) is 6.10 Å². The van der Waals surface area contributed by atoms with Crippen molar-refractivity contribution >= 4 is 28.7 Å². The molecule has 0 aliphatic carbocycles. The average Bonchev–Trinajstić information content (AvgIpc) is 3.14.